The van der Waals surface area contributed by atoms with E-state index < -0.39 is 11.9 Å². The zero-order chi connectivity index (χ0) is 18.2. The van der Waals surface area contributed by atoms with E-state index in [1.165, 1.54) is 0 Å². The van der Waals surface area contributed by atoms with Gasteiger partial charge in [0.05, 0.1) is 12.5 Å². The van der Waals surface area contributed by atoms with Crippen molar-refractivity contribution >= 4 is 12.0 Å². The SMILES string of the molecule is CCCOCc1ccccc1CNC(=O)N1CC(C)CC(C(=O)O)C1. The molecular formula is C19H28N2O4. The second kappa shape index (κ2) is 9.42. The molecule has 1 aliphatic heterocycles. The van der Waals surface area contributed by atoms with E-state index >= 15 is 0 Å². The van der Waals surface area contributed by atoms with E-state index in [1.54, 1.807) is 4.90 Å². The molecule has 0 bridgehead atoms. The number of carboxylic acids is 1. The summed E-state index contributed by atoms with van der Waals surface area (Å²) in [7, 11) is 0. The molecular weight excluding hydrogens is 320 g/mol. The van der Waals surface area contributed by atoms with Crippen molar-refractivity contribution in [1.82, 2.24) is 10.2 Å². The lowest BCUT2D eigenvalue weighted by molar-refractivity contribution is -0.143. The fourth-order valence-electron chi connectivity index (χ4n) is 3.18. The summed E-state index contributed by atoms with van der Waals surface area (Å²) in [4.78, 5) is 25.3. The summed E-state index contributed by atoms with van der Waals surface area (Å²) in [6, 6.07) is 7.67. The number of aliphatic carboxylic acids is 1. The number of likely N-dealkylation sites (tertiary alicyclic amines) is 1. The van der Waals surface area contributed by atoms with Gasteiger partial charge in [0.15, 0.2) is 0 Å². The zero-order valence-corrected chi connectivity index (χ0v) is 15.0. The van der Waals surface area contributed by atoms with Gasteiger partial charge in [0, 0.05) is 26.2 Å². The predicted octanol–water partition coefficient (Wildman–Crippen LogP) is 2.87. The van der Waals surface area contributed by atoms with Gasteiger partial charge in [-0.1, -0.05) is 38.1 Å². The fourth-order valence-corrected chi connectivity index (χ4v) is 3.18. The Morgan fingerprint density at radius 3 is 2.68 bits per heavy atom. The molecule has 0 aliphatic carbocycles. The maximum Gasteiger partial charge on any atom is 0.317 e. The number of hydrogen-bond acceptors (Lipinski definition) is 3. The molecule has 0 radical (unpaired) electrons. The van der Waals surface area contributed by atoms with Gasteiger partial charge in [-0.15, -0.1) is 0 Å². The molecule has 1 saturated heterocycles. The molecule has 6 heteroatoms. The number of carboxylic acid groups (broad SMARTS) is 1. The first-order valence-corrected chi connectivity index (χ1v) is 8.91. The molecule has 0 spiro atoms. The Hall–Kier alpha value is -2.08. The van der Waals surface area contributed by atoms with Gasteiger partial charge < -0.3 is 20.1 Å². The van der Waals surface area contributed by atoms with Crippen LogP contribution in [0.3, 0.4) is 0 Å². The molecule has 138 valence electrons. The number of nitrogens with one attached hydrogen (secondary N) is 1. The van der Waals surface area contributed by atoms with Crippen molar-refractivity contribution in [1.29, 1.82) is 0 Å². The van der Waals surface area contributed by atoms with Gasteiger partial charge in [-0.05, 0) is 29.9 Å². The standard InChI is InChI=1S/C19H28N2O4/c1-3-8-25-13-16-7-5-4-6-15(16)10-20-19(24)21-11-14(2)9-17(12-21)18(22)23/h4-7,14,17H,3,8-13H2,1-2H3,(H,20,24)(H,22,23). The third kappa shape index (κ3) is 5.74. The molecule has 2 atom stereocenters. The van der Waals surface area contributed by atoms with Crippen molar-refractivity contribution in [2.45, 2.75) is 39.8 Å². The number of hydrogen-bond donors (Lipinski definition) is 2. The Bertz CT molecular complexity index is 591. The Kier molecular flexibility index (Phi) is 7.25. The second-order valence-corrected chi connectivity index (χ2v) is 6.76. The van der Waals surface area contributed by atoms with Crippen molar-refractivity contribution in [3.05, 3.63) is 35.4 Å². The van der Waals surface area contributed by atoms with Crippen LogP contribution < -0.4 is 5.32 Å². The number of nitrogens with zero attached hydrogens (tertiary/aromatic N) is 1. The van der Waals surface area contributed by atoms with Crippen LogP contribution >= 0.6 is 0 Å². The molecule has 1 aromatic rings. The summed E-state index contributed by atoms with van der Waals surface area (Å²) < 4.78 is 5.60. The monoisotopic (exact) mass is 348 g/mol. The van der Waals surface area contributed by atoms with Gasteiger partial charge in [-0.3, -0.25) is 4.79 Å². The number of piperidine rings is 1. The lowest BCUT2D eigenvalue weighted by Gasteiger charge is -2.34. The van der Waals surface area contributed by atoms with Gasteiger partial charge in [0.1, 0.15) is 0 Å². The predicted molar refractivity (Wildman–Crippen MR) is 95.1 cm³/mol. The lowest BCUT2D eigenvalue weighted by Crippen LogP contribution is -2.49. The number of benzene rings is 1. The van der Waals surface area contributed by atoms with Gasteiger partial charge in [-0.2, -0.15) is 0 Å². The number of carbonyl (C=O) groups excluding carboxylic acids is 1. The first-order valence-electron chi connectivity index (χ1n) is 8.91. The van der Waals surface area contributed by atoms with Gasteiger partial charge in [0.2, 0.25) is 0 Å². The highest BCUT2D eigenvalue weighted by Gasteiger charge is 2.31. The van der Waals surface area contributed by atoms with E-state index in [0.717, 1.165) is 17.5 Å². The Balaban J connectivity index is 1.92. The minimum absolute atomic E-state index is 0.190. The summed E-state index contributed by atoms with van der Waals surface area (Å²) in [5, 5.41) is 12.1. The van der Waals surface area contributed by atoms with Crippen LogP contribution in [0.25, 0.3) is 0 Å². The van der Waals surface area contributed by atoms with Gasteiger partial charge in [-0.25, -0.2) is 4.79 Å². The second-order valence-electron chi connectivity index (χ2n) is 6.76. The zero-order valence-electron chi connectivity index (χ0n) is 15.0. The van der Waals surface area contributed by atoms with Crippen LogP contribution in [-0.4, -0.2) is 41.7 Å². The highest BCUT2D eigenvalue weighted by molar-refractivity contribution is 5.76. The van der Waals surface area contributed by atoms with E-state index in [4.69, 9.17) is 4.74 Å². The Morgan fingerprint density at radius 1 is 1.28 bits per heavy atom. The molecule has 1 aliphatic rings. The molecule has 1 fully saturated rings. The van der Waals surface area contributed by atoms with Crippen molar-refractivity contribution < 1.29 is 19.4 Å². The third-order valence-electron chi connectivity index (χ3n) is 4.45. The minimum atomic E-state index is -0.831. The van der Waals surface area contributed by atoms with Crippen molar-refractivity contribution in [3.63, 3.8) is 0 Å². The quantitative estimate of drug-likeness (QED) is 0.743. The molecule has 2 unspecified atom stereocenters. The molecule has 1 aromatic carbocycles. The Labute approximate surface area is 149 Å². The van der Waals surface area contributed by atoms with Crippen LogP contribution in [-0.2, 0) is 22.7 Å². The number of urea groups is 1. The van der Waals surface area contributed by atoms with Crippen LogP contribution in [0.15, 0.2) is 24.3 Å². The summed E-state index contributed by atoms with van der Waals surface area (Å²) in [6.45, 7) is 6.56. The average molecular weight is 348 g/mol. The van der Waals surface area contributed by atoms with Crippen LogP contribution in [0.2, 0.25) is 0 Å². The summed E-state index contributed by atoms with van der Waals surface area (Å²) in [5.74, 6) is -1.12. The average Bonchev–Trinajstić information content (AvgIpc) is 2.60. The van der Waals surface area contributed by atoms with Crippen LogP contribution in [0.1, 0.15) is 37.8 Å². The van der Waals surface area contributed by atoms with E-state index in [0.29, 0.717) is 32.7 Å². The smallest absolute Gasteiger partial charge is 0.317 e. The molecule has 2 rings (SSSR count). The van der Waals surface area contributed by atoms with Crippen LogP contribution in [0.4, 0.5) is 4.79 Å². The fraction of sp³-hybridized carbons (Fsp3) is 0.579. The summed E-state index contributed by atoms with van der Waals surface area (Å²) in [5.41, 5.74) is 2.08. The van der Waals surface area contributed by atoms with Crippen LogP contribution in [0, 0.1) is 11.8 Å². The highest BCUT2D eigenvalue weighted by Crippen LogP contribution is 2.22. The lowest BCUT2D eigenvalue weighted by atomic mass is 9.91. The molecule has 0 aromatic heterocycles. The molecule has 2 amide bonds. The summed E-state index contributed by atoms with van der Waals surface area (Å²) in [6.07, 6.45) is 1.59. The van der Waals surface area contributed by atoms with E-state index in [9.17, 15) is 14.7 Å². The van der Waals surface area contributed by atoms with Crippen molar-refractivity contribution in [2.24, 2.45) is 11.8 Å². The van der Waals surface area contributed by atoms with E-state index in [-0.39, 0.29) is 18.5 Å². The number of rotatable bonds is 7. The van der Waals surface area contributed by atoms with Gasteiger partial charge >= 0.3 is 12.0 Å². The first-order chi connectivity index (χ1) is 12.0. The molecule has 2 N–H and O–H groups in total. The molecule has 1 heterocycles. The third-order valence-corrected chi connectivity index (χ3v) is 4.45. The van der Waals surface area contributed by atoms with Crippen molar-refractivity contribution in [2.75, 3.05) is 19.7 Å². The topological polar surface area (TPSA) is 78.9 Å². The molecule has 0 saturated carbocycles. The Morgan fingerprint density at radius 2 is 2.00 bits per heavy atom. The molecule has 6 nitrogen and oxygen atoms in total. The van der Waals surface area contributed by atoms with Gasteiger partial charge in [0.25, 0.3) is 0 Å². The minimum Gasteiger partial charge on any atom is -0.481 e. The highest BCUT2D eigenvalue weighted by atomic mass is 16.5. The summed E-state index contributed by atoms with van der Waals surface area (Å²) >= 11 is 0. The first kappa shape index (κ1) is 19.2. The maximum atomic E-state index is 12.4. The van der Waals surface area contributed by atoms with E-state index in [2.05, 4.69) is 12.2 Å². The van der Waals surface area contributed by atoms with Crippen molar-refractivity contribution in [3.8, 4) is 0 Å². The number of amides is 2. The van der Waals surface area contributed by atoms with E-state index in [1.807, 2.05) is 31.2 Å². The largest absolute Gasteiger partial charge is 0.481 e. The van der Waals surface area contributed by atoms with Crippen LogP contribution in [0.5, 0.6) is 0 Å². The molecule has 25 heavy (non-hydrogen) atoms. The normalized spacial score (nSPS) is 20.3. The number of ether oxygens (including phenoxy) is 1. The maximum absolute atomic E-state index is 12.4. The number of carbonyl (C=O) groups is 2.